The first-order chi connectivity index (χ1) is 9.06. The molecule has 1 saturated carbocycles. The first kappa shape index (κ1) is 14.3. The monoisotopic (exact) mass is 281 g/mol. The SMILES string of the molecule is COC(=O)CC1(CSc2ncccc2C(C)O)CC1. The highest BCUT2D eigenvalue weighted by atomic mass is 32.2. The van der Waals surface area contributed by atoms with Crippen LogP contribution in [0.25, 0.3) is 0 Å². The quantitative estimate of drug-likeness (QED) is 0.641. The number of nitrogens with zero attached hydrogens (tertiary/aromatic N) is 1. The molecule has 2 rings (SSSR count). The van der Waals surface area contributed by atoms with Crippen LogP contribution in [0.1, 0.15) is 37.9 Å². The van der Waals surface area contributed by atoms with Crippen molar-refractivity contribution in [3.8, 4) is 0 Å². The van der Waals surface area contributed by atoms with Crippen molar-refractivity contribution in [1.82, 2.24) is 4.98 Å². The molecule has 0 radical (unpaired) electrons. The van der Waals surface area contributed by atoms with Gasteiger partial charge in [0.2, 0.25) is 0 Å². The molecule has 1 aromatic rings. The summed E-state index contributed by atoms with van der Waals surface area (Å²) in [4.78, 5) is 15.7. The summed E-state index contributed by atoms with van der Waals surface area (Å²) < 4.78 is 4.74. The van der Waals surface area contributed by atoms with Gasteiger partial charge < -0.3 is 9.84 Å². The summed E-state index contributed by atoms with van der Waals surface area (Å²) in [7, 11) is 1.43. The third kappa shape index (κ3) is 3.70. The van der Waals surface area contributed by atoms with Crippen LogP contribution < -0.4 is 0 Å². The number of thioether (sulfide) groups is 1. The summed E-state index contributed by atoms with van der Waals surface area (Å²) in [5.74, 6) is 0.702. The van der Waals surface area contributed by atoms with E-state index in [1.54, 1.807) is 24.9 Å². The molecule has 1 N–H and O–H groups in total. The van der Waals surface area contributed by atoms with Crippen LogP contribution in [0.5, 0.6) is 0 Å². The molecule has 1 aromatic heterocycles. The van der Waals surface area contributed by atoms with Gasteiger partial charge in [0.25, 0.3) is 0 Å². The number of hydrogen-bond acceptors (Lipinski definition) is 5. The summed E-state index contributed by atoms with van der Waals surface area (Å²) in [5, 5.41) is 10.6. The minimum absolute atomic E-state index is 0.0746. The summed E-state index contributed by atoms with van der Waals surface area (Å²) in [6.07, 6.45) is 3.81. The average Bonchev–Trinajstić information content (AvgIpc) is 3.16. The Kier molecular flexibility index (Phi) is 4.47. The van der Waals surface area contributed by atoms with Gasteiger partial charge >= 0.3 is 5.97 Å². The third-order valence-corrected chi connectivity index (χ3v) is 4.84. The lowest BCUT2D eigenvalue weighted by Crippen LogP contribution is -2.13. The fourth-order valence-corrected chi connectivity index (χ4v) is 3.36. The molecule has 0 saturated heterocycles. The molecule has 0 amide bonds. The normalized spacial score (nSPS) is 17.8. The number of hydrogen-bond donors (Lipinski definition) is 1. The Bertz CT molecular complexity index is 458. The molecule has 0 bridgehead atoms. The first-order valence-corrected chi connectivity index (χ1v) is 7.37. The van der Waals surface area contributed by atoms with Crippen molar-refractivity contribution in [2.45, 2.75) is 37.3 Å². The number of ether oxygens (including phenoxy) is 1. The molecule has 1 atom stereocenters. The second kappa shape index (κ2) is 5.92. The number of carbonyl (C=O) groups is 1. The lowest BCUT2D eigenvalue weighted by atomic mass is 10.1. The number of aromatic nitrogens is 1. The van der Waals surface area contributed by atoms with Gasteiger partial charge in [0.15, 0.2) is 0 Å². The Morgan fingerprint density at radius 2 is 2.37 bits per heavy atom. The summed E-state index contributed by atoms with van der Waals surface area (Å²) in [5.41, 5.74) is 0.923. The van der Waals surface area contributed by atoms with Gasteiger partial charge in [0.1, 0.15) is 5.03 Å². The van der Waals surface area contributed by atoms with Crippen molar-refractivity contribution in [3.05, 3.63) is 23.9 Å². The van der Waals surface area contributed by atoms with Gasteiger partial charge in [-0.15, -0.1) is 11.8 Å². The molecule has 1 unspecified atom stereocenters. The number of carbonyl (C=O) groups excluding carboxylic acids is 1. The zero-order chi connectivity index (χ0) is 13.9. The Morgan fingerprint density at radius 1 is 1.63 bits per heavy atom. The lowest BCUT2D eigenvalue weighted by molar-refractivity contribution is -0.141. The fourth-order valence-electron chi connectivity index (χ4n) is 1.99. The number of pyridine rings is 1. The number of aliphatic hydroxyl groups excluding tert-OH is 1. The molecule has 19 heavy (non-hydrogen) atoms. The number of methoxy groups -OCH3 is 1. The maximum Gasteiger partial charge on any atom is 0.306 e. The van der Waals surface area contributed by atoms with Crippen LogP contribution in [0.2, 0.25) is 0 Å². The zero-order valence-electron chi connectivity index (χ0n) is 11.3. The van der Waals surface area contributed by atoms with Crippen LogP contribution in [0.4, 0.5) is 0 Å². The van der Waals surface area contributed by atoms with E-state index in [2.05, 4.69) is 4.98 Å². The third-order valence-electron chi connectivity index (χ3n) is 3.47. The van der Waals surface area contributed by atoms with Crippen LogP contribution in [0, 0.1) is 5.41 Å². The Hall–Kier alpha value is -1.07. The van der Waals surface area contributed by atoms with Crippen LogP contribution in [0.15, 0.2) is 23.4 Å². The molecule has 0 aromatic carbocycles. The summed E-state index contributed by atoms with van der Waals surface area (Å²) in [6.45, 7) is 1.74. The second-order valence-corrected chi connectivity index (χ2v) is 6.08. The molecule has 0 spiro atoms. The van der Waals surface area contributed by atoms with E-state index in [0.717, 1.165) is 29.2 Å². The van der Waals surface area contributed by atoms with Crippen LogP contribution in [0.3, 0.4) is 0 Å². The second-order valence-electron chi connectivity index (χ2n) is 5.12. The molecular formula is C14H19NO3S. The smallest absolute Gasteiger partial charge is 0.306 e. The van der Waals surface area contributed by atoms with Gasteiger partial charge in [-0.3, -0.25) is 4.79 Å². The minimum atomic E-state index is -0.521. The Labute approximate surface area is 117 Å². The van der Waals surface area contributed by atoms with Crippen LogP contribution >= 0.6 is 11.8 Å². The maximum absolute atomic E-state index is 11.4. The highest BCUT2D eigenvalue weighted by molar-refractivity contribution is 7.99. The van der Waals surface area contributed by atoms with E-state index >= 15 is 0 Å². The van der Waals surface area contributed by atoms with E-state index in [9.17, 15) is 9.90 Å². The zero-order valence-corrected chi connectivity index (χ0v) is 12.1. The molecule has 1 aliphatic rings. The molecule has 1 fully saturated rings. The Morgan fingerprint density at radius 3 is 2.95 bits per heavy atom. The highest BCUT2D eigenvalue weighted by Crippen LogP contribution is 2.52. The fraction of sp³-hybridized carbons (Fsp3) is 0.571. The predicted molar refractivity (Wildman–Crippen MR) is 73.9 cm³/mol. The predicted octanol–water partition coefficient (Wildman–Crippen LogP) is 2.57. The summed E-state index contributed by atoms with van der Waals surface area (Å²) in [6, 6.07) is 3.72. The average molecular weight is 281 g/mol. The molecule has 4 nitrogen and oxygen atoms in total. The van der Waals surface area contributed by atoms with E-state index in [-0.39, 0.29) is 11.4 Å². The molecular weight excluding hydrogens is 262 g/mol. The van der Waals surface area contributed by atoms with Gasteiger partial charge in [-0.05, 0) is 31.2 Å². The van der Waals surface area contributed by atoms with Gasteiger partial charge in [-0.1, -0.05) is 6.07 Å². The van der Waals surface area contributed by atoms with E-state index in [0.29, 0.717) is 6.42 Å². The number of esters is 1. The van der Waals surface area contributed by atoms with Gasteiger partial charge in [-0.25, -0.2) is 4.98 Å². The lowest BCUT2D eigenvalue weighted by Gasteiger charge is -2.15. The topological polar surface area (TPSA) is 59.4 Å². The van der Waals surface area contributed by atoms with Crippen molar-refractivity contribution < 1.29 is 14.6 Å². The van der Waals surface area contributed by atoms with E-state index in [1.165, 1.54) is 7.11 Å². The highest BCUT2D eigenvalue weighted by Gasteiger charge is 2.44. The summed E-state index contributed by atoms with van der Waals surface area (Å²) >= 11 is 1.62. The van der Waals surface area contributed by atoms with Crippen LogP contribution in [-0.4, -0.2) is 28.9 Å². The molecule has 5 heteroatoms. The Balaban J connectivity index is 1.98. The van der Waals surface area contributed by atoms with Crippen molar-refractivity contribution in [2.24, 2.45) is 5.41 Å². The molecule has 104 valence electrons. The van der Waals surface area contributed by atoms with E-state index in [4.69, 9.17) is 4.74 Å². The van der Waals surface area contributed by atoms with Gasteiger partial charge in [0, 0.05) is 17.5 Å². The number of rotatable bonds is 6. The van der Waals surface area contributed by atoms with Crippen molar-refractivity contribution >= 4 is 17.7 Å². The van der Waals surface area contributed by atoms with Gasteiger partial charge in [-0.2, -0.15) is 0 Å². The van der Waals surface area contributed by atoms with E-state index in [1.807, 2.05) is 12.1 Å². The largest absolute Gasteiger partial charge is 0.469 e. The van der Waals surface area contributed by atoms with Crippen molar-refractivity contribution in [2.75, 3.05) is 12.9 Å². The maximum atomic E-state index is 11.4. The minimum Gasteiger partial charge on any atom is -0.469 e. The van der Waals surface area contributed by atoms with Crippen molar-refractivity contribution in [1.29, 1.82) is 0 Å². The number of aliphatic hydroxyl groups is 1. The molecule has 0 aliphatic heterocycles. The molecule has 1 heterocycles. The standard InChI is InChI=1S/C14H19NO3S/c1-10(16)11-4-3-7-15-13(11)19-9-14(5-6-14)8-12(17)18-2/h3-4,7,10,16H,5-6,8-9H2,1-2H3. The van der Waals surface area contributed by atoms with E-state index < -0.39 is 6.10 Å². The van der Waals surface area contributed by atoms with Gasteiger partial charge in [0.05, 0.1) is 19.6 Å². The van der Waals surface area contributed by atoms with Crippen molar-refractivity contribution in [3.63, 3.8) is 0 Å². The first-order valence-electron chi connectivity index (χ1n) is 6.39. The van der Waals surface area contributed by atoms with Crippen LogP contribution in [-0.2, 0) is 9.53 Å². The molecule has 1 aliphatic carbocycles.